The topological polar surface area (TPSA) is 45.2 Å². The molecule has 1 aromatic heterocycles. The highest BCUT2D eigenvalue weighted by Gasteiger charge is 2.22. The number of rotatable bonds is 4. The summed E-state index contributed by atoms with van der Waals surface area (Å²) in [4.78, 5) is 4.41. The van der Waals surface area contributed by atoms with E-state index in [2.05, 4.69) is 23.3 Å². The van der Waals surface area contributed by atoms with Crippen LogP contribution >= 0.6 is 0 Å². The van der Waals surface area contributed by atoms with Crippen LogP contribution in [0.25, 0.3) is 0 Å². The summed E-state index contributed by atoms with van der Waals surface area (Å²) in [6, 6.07) is 4.36. The predicted octanol–water partition coefficient (Wildman–Crippen LogP) is 2.04. The van der Waals surface area contributed by atoms with E-state index in [4.69, 9.17) is 0 Å². The van der Waals surface area contributed by atoms with Crippen molar-refractivity contribution in [2.45, 2.75) is 57.7 Å². The van der Waals surface area contributed by atoms with Crippen LogP contribution in [0, 0.1) is 0 Å². The Morgan fingerprint density at radius 2 is 2.24 bits per heavy atom. The fraction of sp³-hybridized carbons (Fsp3) is 0.643. The van der Waals surface area contributed by atoms with Gasteiger partial charge in [0.1, 0.15) is 0 Å². The molecule has 0 radical (unpaired) electrons. The minimum absolute atomic E-state index is 0.183. The third-order valence-corrected chi connectivity index (χ3v) is 3.63. The zero-order valence-electron chi connectivity index (χ0n) is 10.5. The number of hydrogen-bond acceptors (Lipinski definition) is 3. The number of pyridine rings is 1. The van der Waals surface area contributed by atoms with Gasteiger partial charge in [-0.2, -0.15) is 0 Å². The second kappa shape index (κ2) is 6.12. The Hall–Kier alpha value is -0.930. The van der Waals surface area contributed by atoms with Gasteiger partial charge in [-0.05, 0) is 30.9 Å². The Labute approximate surface area is 103 Å². The maximum atomic E-state index is 9.89. The predicted molar refractivity (Wildman–Crippen MR) is 68.7 cm³/mol. The van der Waals surface area contributed by atoms with Crippen LogP contribution in [-0.2, 0) is 13.0 Å². The molecular formula is C14H22N2O. The molecule has 1 aliphatic rings. The molecule has 2 rings (SSSR count). The molecule has 2 atom stereocenters. The molecule has 0 saturated heterocycles. The average Bonchev–Trinajstić information content (AvgIpc) is 2.38. The van der Waals surface area contributed by atoms with E-state index < -0.39 is 0 Å². The van der Waals surface area contributed by atoms with Gasteiger partial charge in [0.15, 0.2) is 0 Å². The molecule has 0 aliphatic heterocycles. The lowest BCUT2D eigenvalue weighted by atomic mass is 9.92. The summed E-state index contributed by atoms with van der Waals surface area (Å²) in [6.45, 7) is 2.92. The number of aliphatic hydroxyl groups is 1. The first-order valence-corrected chi connectivity index (χ1v) is 6.65. The molecule has 1 aliphatic carbocycles. The van der Waals surface area contributed by atoms with Crippen LogP contribution in [0.5, 0.6) is 0 Å². The van der Waals surface area contributed by atoms with Crippen molar-refractivity contribution in [3.05, 3.63) is 29.6 Å². The quantitative estimate of drug-likeness (QED) is 0.838. The molecule has 1 heterocycles. The third-order valence-electron chi connectivity index (χ3n) is 3.63. The van der Waals surface area contributed by atoms with Crippen LogP contribution in [0.15, 0.2) is 18.3 Å². The summed E-state index contributed by atoms with van der Waals surface area (Å²) in [6.07, 6.45) is 7.06. The van der Waals surface area contributed by atoms with Crippen molar-refractivity contribution in [3.63, 3.8) is 0 Å². The van der Waals surface area contributed by atoms with Gasteiger partial charge in [-0.1, -0.05) is 25.8 Å². The summed E-state index contributed by atoms with van der Waals surface area (Å²) < 4.78 is 0. The van der Waals surface area contributed by atoms with Gasteiger partial charge in [0.25, 0.3) is 0 Å². The normalized spacial score (nSPS) is 24.8. The summed E-state index contributed by atoms with van der Waals surface area (Å²) >= 11 is 0. The molecule has 2 N–H and O–H groups in total. The van der Waals surface area contributed by atoms with E-state index in [1.54, 1.807) is 0 Å². The van der Waals surface area contributed by atoms with Gasteiger partial charge in [0.05, 0.1) is 11.8 Å². The second-order valence-electron chi connectivity index (χ2n) is 4.80. The first-order valence-electron chi connectivity index (χ1n) is 6.65. The molecule has 1 fully saturated rings. The number of nitrogens with one attached hydrogen (secondary N) is 1. The Balaban J connectivity index is 1.92. The van der Waals surface area contributed by atoms with Crippen LogP contribution in [0.2, 0.25) is 0 Å². The van der Waals surface area contributed by atoms with Crippen molar-refractivity contribution in [2.75, 3.05) is 0 Å². The van der Waals surface area contributed by atoms with Gasteiger partial charge in [-0.15, -0.1) is 0 Å². The summed E-state index contributed by atoms with van der Waals surface area (Å²) in [5, 5.41) is 13.3. The Morgan fingerprint density at radius 1 is 1.41 bits per heavy atom. The number of hydrogen-bond donors (Lipinski definition) is 2. The molecule has 94 valence electrons. The van der Waals surface area contributed by atoms with Crippen molar-refractivity contribution >= 4 is 0 Å². The first-order chi connectivity index (χ1) is 8.31. The maximum absolute atomic E-state index is 9.89. The van der Waals surface area contributed by atoms with Crippen LogP contribution in [0.3, 0.4) is 0 Å². The fourth-order valence-corrected chi connectivity index (χ4v) is 2.53. The zero-order chi connectivity index (χ0) is 12.1. The lowest BCUT2D eigenvalue weighted by Crippen LogP contribution is -2.41. The van der Waals surface area contributed by atoms with E-state index >= 15 is 0 Å². The minimum atomic E-state index is -0.183. The molecule has 17 heavy (non-hydrogen) atoms. The fourth-order valence-electron chi connectivity index (χ4n) is 2.53. The summed E-state index contributed by atoms with van der Waals surface area (Å²) in [5.41, 5.74) is 2.41. The van der Waals surface area contributed by atoms with Crippen molar-refractivity contribution in [1.29, 1.82) is 0 Å². The van der Waals surface area contributed by atoms with Gasteiger partial charge < -0.3 is 10.4 Å². The van der Waals surface area contributed by atoms with Crippen LogP contribution in [0.4, 0.5) is 0 Å². The molecule has 0 amide bonds. The van der Waals surface area contributed by atoms with Crippen LogP contribution in [0.1, 0.15) is 43.9 Å². The van der Waals surface area contributed by atoms with Crippen LogP contribution < -0.4 is 5.32 Å². The number of aliphatic hydroxyl groups excluding tert-OH is 1. The lowest BCUT2D eigenvalue weighted by molar-refractivity contribution is 0.0900. The monoisotopic (exact) mass is 234 g/mol. The average molecular weight is 234 g/mol. The van der Waals surface area contributed by atoms with E-state index in [1.165, 1.54) is 12.0 Å². The molecule has 1 aromatic rings. The highest BCUT2D eigenvalue weighted by molar-refractivity contribution is 5.19. The lowest BCUT2D eigenvalue weighted by Gasteiger charge is -2.28. The van der Waals surface area contributed by atoms with E-state index in [0.717, 1.165) is 37.9 Å². The summed E-state index contributed by atoms with van der Waals surface area (Å²) in [7, 11) is 0. The Kier molecular flexibility index (Phi) is 4.51. The Morgan fingerprint density at radius 3 is 3.00 bits per heavy atom. The van der Waals surface area contributed by atoms with Gasteiger partial charge in [0, 0.05) is 18.8 Å². The number of nitrogens with zero attached hydrogens (tertiary/aromatic N) is 1. The number of aryl methyl sites for hydroxylation is 1. The maximum Gasteiger partial charge on any atom is 0.0693 e. The highest BCUT2D eigenvalue weighted by atomic mass is 16.3. The van der Waals surface area contributed by atoms with Gasteiger partial charge >= 0.3 is 0 Å². The first kappa shape index (κ1) is 12.5. The molecular weight excluding hydrogens is 212 g/mol. The van der Waals surface area contributed by atoms with E-state index in [0.29, 0.717) is 0 Å². The molecule has 3 nitrogen and oxygen atoms in total. The van der Waals surface area contributed by atoms with E-state index in [1.807, 2.05) is 12.3 Å². The second-order valence-corrected chi connectivity index (χ2v) is 4.80. The largest absolute Gasteiger partial charge is 0.392 e. The standard InChI is InChI=1S/C14H22N2O/c1-2-11-6-5-9-15-13(11)10-16-12-7-3-4-8-14(12)17/h5-6,9,12,14,16-17H,2-4,7-8,10H2,1H3/t12-,14-/m1/s1. The van der Waals surface area contributed by atoms with Gasteiger partial charge in [-0.3, -0.25) is 4.98 Å². The molecule has 1 saturated carbocycles. The molecule has 0 bridgehead atoms. The third kappa shape index (κ3) is 3.27. The van der Waals surface area contributed by atoms with E-state index in [-0.39, 0.29) is 12.1 Å². The van der Waals surface area contributed by atoms with Crippen LogP contribution in [-0.4, -0.2) is 22.2 Å². The van der Waals surface area contributed by atoms with Crippen molar-refractivity contribution in [2.24, 2.45) is 0 Å². The highest BCUT2D eigenvalue weighted by Crippen LogP contribution is 2.18. The zero-order valence-corrected chi connectivity index (χ0v) is 10.5. The molecule has 0 unspecified atom stereocenters. The van der Waals surface area contributed by atoms with Crippen molar-refractivity contribution in [3.8, 4) is 0 Å². The Bertz CT molecular complexity index is 354. The number of aromatic nitrogens is 1. The summed E-state index contributed by atoms with van der Waals surface area (Å²) in [5.74, 6) is 0. The molecule has 0 spiro atoms. The minimum Gasteiger partial charge on any atom is -0.392 e. The van der Waals surface area contributed by atoms with Crippen molar-refractivity contribution in [1.82, 2.24) is 10.3 Å². The molecule has 3 heteroatoms. The van der Waals surface area contributed by atoms with Crippen molar-refractivity contribution < 1.29 is 5.11 Å². The van der Waals surface area contributed by atoms with Gasteiger partial charge in [-0.25, -0.2) is 0 Å². The smallest absolute Gasteiger partial charge is 0.0693 e. The van der Waals surface area contributed by atoms with Gasteiger partial charge in [0.2, 0.25) is 0 Å². The molecule has 0 aromatic carbocycles. The SMILES string of the molecule is CCc1cccnc1CN[C@@H]1CCCC[C@H]1O. The van der Waals surface area contributed by atoms with E-state index in [9.17, 15) is 5.11 Å².